The minimum atomic E-state index is -3.09. The van der Waals surface area contributed by atoms with E-state index >= 15 is 0 Å². The highest BCUT2D eigenvalue weighted by Crippen LogP contribution is 2.38. The molecule has 0 radical (unpaired) electrons. The molecule has 2 bridgehead atoms. The van der Waals surface area contributed by atoms with Crippen LogP contribution in [0.1, 0.15) is 64.9 Å². The Bertz CT molecular complexity index is 1940. The number of carbonyl (C=O) groups is 2. The van der Waals surface area contributed by atoms with Crippen molar-refractivity contribution >= 4 is 40.8 Å². The molecule has 3 saturated heterocycles. The van der Waals surface area contributed by atoms with Gasteiger partial charge in [0.25, 0.3) is 0 Å². The zero-order valence-corrected chi connectivity index (χ0v) is 30.7. The Balaban J connectivity index is 1.14. The number of hydrogen-bond acceptors (Lipinski definition) is 9. The molecule has 284 valence electrons. The molecule has 2 unspecified atom stereocenters. The molecule has 3 atom stereocenters. The first-order valence-corrected chi connectivity index (χ1v) is 18.7. The quantitative estimate of drug-likeness (QED) is 0.0730. The van der Waals surface area contributed by atoms with Crippen LogP contribution in [0.3, 0.4) is 0 Å². The third-order valence-electron chi connectivity index (χ3n) is 10.1. The maximum atomic E-state index is 13.9. The number of alkyl halides is 2. The van der Waals surface area contributed by atoms with Gasteiger partial charge in [-0.25, -0.2) is 9.59 Å². The molecule has 1 aromatic heterocycles. The minimum Gasteiger partial charge on any atom is -0.619 e. The highest BCUT2D eigenvalue weighted by atomic mass is 35.5. The van der Waals surface area contributed by atoms with Crippen molar-refractivity contribution in [2.45, 2.75) is 57.0 Å². The SMILES string of the molecule is O=C(OC(Cc1c(Cl)c[n+]([O-])cc1Cl)c1ccc(OC(F)F)c(OCC2CC2)c1)c1cccc(NC(C(=O)O[C@H]2CN3CCC2CC3)c2ccccc2)c1. The van der Waals surface area contributed by atoms with Crippen molar-refractivity contribution in [1.82, 2.24) is 4.90 Å². The molecule has 4 fully saturated rings. The topological polar surface area (TPSA) is 113 Å². The summed E-state index contributed by atoms with van der Waals surface area (Å²) < 4.78 is 49.8. The Morgan fingerprint density at radius 1 is 0.907 bits per heavy atom. The van der Waals surface area contributed by atoms with Crippen LogP contribution in [0.15, 0.2) is 85.2 Å². The summed E-state index contributed by atoms with van der Waals surface area (Å²) in [5, 5.41) is 15.4. The lowest BCUT2D eigenvalue weighted by Gasteiger charge is -2.44. The second-order valence-electron chi connectivity index (χ2n) is 13.9. The van der Waals surface area contributed by atoms with Crippen molar-refractivity contribution in [3.05, 3.63) is 123 Å². The van der Waals surface area contributed by atoms with Crippen molar-refractivity contribution in [3.63, 3.8) is 0 Å². The van der Waals surface area contributed by atoms with E-state index in [1.54, 1.807) is 24.3 Å². The first-order chi connectivity index (χ1) is 26.1. The second-order valence-corrected chi connectivity index (χ2v) is 14.7. The Morgan fingerprint density at radius 3 is 2.31 bits per heavy atom. The number of nitrogens with one attached hydrogen (secondary N) is 1. The van der Waals surface area contributed by atoms with Gasteiger partial charge in [-0.3, -0.25) is 4.90 Å². The van der Waals surface area contributed by atoms with Gasteiger partial charge in [0.1, 0.15) is 22.3 Å². The number of fused-ring (bicyclic) bond motifs is 3. The fourth-order valence-electron chi connectivity index (χ4n) is 6.95. The number of esters is 2. The zero-order valence-electron chi connectivity index (χ0n) is 29.2. The van der Waals surface area contributed by atoms with Crippen LogP contribution in [0.25, 0.3) is 0 Å². The third kappa shape index (κ3) is 9.34. The van der Waals surface area contributed by atoms with E-state index in [-0.39, 0.29) is 39.6 Å². The number of anilines is 1. The van der Waals surface area contributed by atoms with Crippen LogP contribution in [0, 0.1) is 17.0 Å². The summed E-state index contributed by atoms with van der Waals surface area (Å²) in [7, 11) is 0. The van der Waals surface area contributed by atoms with Gasteiger partial charge in [0.15, 0.2) is 29.9 Å². The van der Waals surface area contributed by atoms with Gasteiger partial charge in [-0.05, 0) is 92.1 Å². The molecule has 54 heavy (non-hydrogen) atoms. The van der Waals surface area contributed by atoms with Crippen molar-refractivity contribution in [2.75, 3.05) is 31.6 Å². The van der Waals surface area contributed by atoms with E-state index in [2.05, 4.69) is 10.2 Å². The van der Waals surface area contributed by atoms with Gasteiger partial charge in [0.05, 0.1) is 12.2 Å². The first-order valence-electron chi connectivity index (χ1n) is 17.9. The number of nitrogens with zero attached hydrogens (tertiary/aromatic N) is 2. The molecular weight excluding hydrogens is 743 g/mol. The van der Waals surface area contributed by atoms with Gasteiger partial charge in [-0.2, -0.15) is 13.5 Å². The Kier molecular flexibility index (Phi) is 11.7. The normalized spacial score (nSPS) is 20.2. The van der Waals surface area contributed by atoms with Gasteiger partial charge >= 0.3 is 18.6 Å². The van der Waals surface area contributed by atoms with Crippen LogP contribution >= 0.6 is 23.2 Å². The molecule has 1 saturated carbocycles. The average Bonchev–Trinajstić information content (AvgIpc) is 4.00. The summed E-state index contributed by atoms with van der Waals surface area (Å²) in [6, 6.07) is 19.2. The number of ether oxygens (including phenoxy) is 4. The van der Waals surface area contributed by atoms with E-state index in [0.717, 1.165) is 51.2 Å². The summed E-state index contributed by atoms with van der Waals surface area (Å²) in [4.78, 5) is 30.0. The smallest absolute Gasteiger partial charge is 0.387 e. The number of piperidine rings is 3. The predicted octanol–water partition coefficient (Wildman–Crippen LogP) is 7.95. The zero-order chi connectivity index (χ0) is 37.8. The molecule has 4 aliphatic rings. The maximum absolute atomic E-state index is 13.9. The van der Waals surface area contributed by atoms with E-state index in [1.807, 2.05) is 30.3 Å². The minimum absolute atomic E-state index is 0.0460. The molecule has 4 heterocycles. The Morgan fingerprint density at radius 2 is 1.65 bits per heavy atom. The third-order valence-corrected chi connectivity index (χ3v) is 10.7. The largest absolute Gasteiger partial charge is 0.619 e. The number of halogens is 4. The van der Waals surface area contributed by atoms with E-state index in [0.29, 0.717) is 52.1 Å². The lowest BCUT2D eigenvalue weighted by Crippen LogP contribution is -2.52. The first kappa shape index (κ1) is 37.7. The van der Waals surface area contributed by atoms with E-state index in [9.17, 15) is 23.6 Å². The van der Waals surface area contributed by atoms with Crippen LogP contribution in [0.2, 0.25) is 10.0 Å². The van der Waals surface area contributed by atoms with Crippen LogP contribution in [-0.2, 0) is 20.7 Å². The number of benzene rings is 3. The molecule has 10 nitrogen and oxygen atoms in total. The number of hydrogen-bond donors (Lipinski definition) is 1. The lowest BCUT2D eigenvalue weighted by atomic mass is 9.86. The summed E-state index contributed by atoms with van der Waals surface area (Å²) in [5.41, 5.74) is 2.05. The molecule has 1 N–H and O–H groups in total. The number of rotatable bonds is 15. The van der Waals surface area contributed by atoms with Crippen molar-refractivity contribution in [3.8, 4) is 11.5 Å². The summed E-state index contributed by atoms with van der Waals surface area (Å²) in [6.45, 7) is -0.0281. The van der Waals surface area contributed by atoms with E-state index in [4.69, 9.17) is 42.1 Å². The monoisotopic (exact) mass is 781 g/mol. The standard InChI is InChI=1S/C40H39Cl2F2N3O7/c41-31-20-47(50)21-32(42)30(31)19-34(27-11-12-33(54-40(43)44)35(18-27)51-23-24-9-10-24)52-38(48)28-7-4-8-29(17-28)45-37(26-5-2-1-3-6-26)39(49)53-36-22-46-15-13-25(36)14-16-46/h1-8,11-12,17-18,20-21,24-25,34,36-37,40,45H,9-10,13-16,19,22-23H2/t34?,36-,37?/m0/s1. The van der Waals surface area contributed by atoms with Gasteiger partial charge in [-0.1, -0.05) is 65.7 Å². The maximum Gasteiger partial charge on any atom is 0.387 e. The predicted molar refractivity (Wildman–Crippen MR) is 197 cm³/mol. The van der Waals surface area contributed by atoms with Gasteiger partial charge in [0.2, 0.25) is 0 Å². The van der Waals surface area contributed by atoms with Crippen molar-refractivity contribution < 1.29 is 42.0 Å². The summed E-state index contributed by atoms with van der Waals surface area (Å²) in [5.74, 6) is -0.606. The summed E-state index contributed by atoms with van der Waals surface area (Å²) in [6.07, 6.45) is 4.87. The van der Waals surface area contributed by atoms with Gasteiger partial charge in [0, 0.05) is 24.2 Å². The molecule has 1 aliphatic carbocycles. The molecule has 14 heteroatoms. The van der Waals surface area contributed by atoms with Crippen LogP contribution in [0.4, 0.5) is 14.5 Å². The number of pyridine rings is 1. The highest BCUT2D eigenvalue weighted by molar-refractivity contribution is 6.35. The number of carbonyl (C=O) groups excluding carboxylic acids is 2. The summed E-state index contributed by atoms with van der Waals surface area (Å²) >= 11 is 12.9. The Labute approximate surface area is 321 Å². The lowest BCUT2D eigenvalue weighted by molar-refractivity contribution is -0.605. The van der Waals surface area contributed by atoms with E-state index in [1.165, 1.54) is 18.2 Å². The average molecular weight is 783 g/mol. The molecule has 3 aliphatic heterocycles. The van der Waals surface area contributed by atoms with Gasteiger partial charge in [-0.15, -0.1) is 0 Å². The molecule has 0 spiro atoms. The van der Waals surface area contributed by atoms with Crippen LogP contribution in [-0.4, -0.2) is 55.8 Å². The molecule has 4 aromatic rings. The van der Waals surface area contributed by atoms with Crippen LogP contribution in [0.5, 0.6) is 11.5 Å². The van der Waals surface area contributed by atoms with Crippen molar-refractivity contribution in [1.29, 1.82) is 0 Å². The molecular formula is C40H39Cl2F2N3O7. The Hall–Kier alpha value is -4.65. The van der Waals surface area contributed by atoms with Crippen molar-refractivity contribution in [2.24, 2.45) is 11.8 Å². The second kappa shape index (κ2) is 16.8. The van der Waals surface area contributed by atoms with Crippen LogP contribution < -0.4 is 19.5 Å². The number of aromatic nitrogens is 1. The van der Waals surface area contributed by atoms with Gasteiger partial charge < -0.3 is 29.5 Å². The molecule has 0 amide bonds. The molecule has 8 rings (SSSR count). The van der Waals surface area contributed by atoms with E-state index < -0.39 is 30.7 Å². The fraction of sp³-hybridized carbons (Fsp3) is 0.375. The fourth-order valence-corrected chi connectivity index (χ4v) is 7.55. The highest BCUT2D eigenvalue weighted by Gasteiger charge is 2.38. The molecule has 3 aromatic carbocycles.